The minimum atomic E-state index is -5.52. The third kappa shape index (κ3) is 7.27. The van der Waals surface area contributed by atoms with Crippen LogP contribution in [-0.4, -0.2) is 41.1 Å². The van der Waals surface area contributed by atoms with Gasteiger partial charge in [0.25, 0.3) is 5.91 Å². The second-order valence-corrected chi connectivity index (χ2v) is 9.53. The van der Waals surface area contributed by atoms with E-state index in [1.807, 2.05) is 0 Å². The van der Waals surface area contributed by atoms with Gasteiger partial charge in [0, 0.05) is 29.6 Å². The number of urea groups is 1. The molecular weight excluding hydrogens is 603 g/mol. The first kappa shape index (κ1) is 31.0. The number of anilines is 2. The number of aromatic nitrogens is 1. The predicted octanol–water partition coefficient (Wildman–Crippen LogP) is 6.03. The first-order valence-corrected chi connectivity index (χ1v) is 12.6. The molecule has 0 spiro atoms. The van der Waals surface area contributed by atoms with E-state index in [0.29, 0.717) is 34.2 Å². The molecule has 3 amide bonds. The molecule has 0 saturated carbocycles. The van der Waals surface area contributed by atoms with E-state index in [1.165, 1.54) is 12.3 Å². The summed E-state index contributed by atoms with van der Waals surface area (Å²) in [7, 11) is 0. The van der Waals surface area contributed by atoms with Crippen molar-refractivity contribution in [2.45, 2.75) is 25.6 Å². The fourth-order valence-electron chi connectivity index (χ4n) is 4.07. The van der Waals surface area contributed by atoms with Crippen molar-refractivity contribution in [3.05, 3.63) is 94.1 Å². The number of aromatic amines is 1. The quantitative estimate of drug-likeness (QED) is 0.114. The second-order valence-electron chi connectivity index (χ2n) is 9.12. The molecule has 0 aliphatic carbocycles. The molecule has 9 nitrogen and oxygen atoms in total. The number of nitrogens with one attached hydrogen (secondary N) is 4. The van der Waals surface area contributed by atoms with Crippen LogP contribution in [0.4, 0.5) is 38.1 Å². The molecule has 0 saturated heterocycles. The fraction of sp³-hybridized carbons (Fsp3) is 0.143. The van der Waals surface area contributed by atoms with Crippen LogP contribution in [0, 0.1) is 18.6 Å². The van der Waals surface area contributed by atoms with Gasteiger partial charge >= 0.3 is 24.1 Å². The van der Waals surface area contributed by atoms with E-state index in [2.05, 4.69) is 25.7 Å². The van der Waals surface area contributed by atoms with Crippen LogP contribution in [0.15, 0.2) is 60.8 Å². The molecular formula is C28H20ClF5N4O5. The number of carbonyl (C=O) groups is 4. The Hall–Kier alpha value is -4.98. The van der Waals surface area contributed by atoms with Crippen LogP contribution in [0.25, 0.3) is 10.9 Å². The maximum Gasteiger partial charge on any atom is 0.491 e. The molecule has 0 radical (unpaired) electrons. The summed E-state index contributed by atoms with van der Waals surface area (Å²) >= 11 is 6.09. The van der Waals surface area contributed by atoms with E-state index in [4.69, 9.17) is 11.6 Å². The van der Waals surface area contributed by atoms with Gasteiger partial charge in [0.15, 0.2) is 11.6 Å². The number of hydrogen-bond donors (Lipinski definition) is 4. The molecule has 4 N–H and O–H groups in total. The van der Waals surface area contributed by atoms with E-state index in [0.717, 1.165) is 0 Å². The van der Waals surface area contributed by atoms with Crippen molar-refractivity contribution < 1.29 is 45.9 Å². The Balaban J connectivity index is 1.63. The number of H-pyrrole nitrogens is 1. The van der Waals surface area contributed by atoms with Crippen molar-refractivity contribution in [3.8, 4) is 0 Å². The van der Waals surface area contributed by atoms with Gasteiger partial charge in [-0.3, -0.25) is 4.79 Å². The normalized spacial score (nSPS) is 12.0. The van der Waals surface area contributed by atoms with Gasteiger partial charge in [0.05, 0.1) is 22.0 Å². The van der Waals surface area contributed by atoms with Gasteiger partial charge in [-0.1, -0.05) is 41.9 Å². The number of carbonyl (C=O) groups excluding carboxylic acids is 4. The number of aryl methyl sites for hydroxylation is 1. The number of ether oxygens (including phenoxy) is 1. The van der Waals surface area contributed by atoms with Crippen molar-refractivity contribution >= 4 is 57.8 Å². The number of benzene rings is 3. The number of amides is 3. The summed E-state index contributed by atoms with van der Waals surface area (Å²) in [5, 5.41) is 7.39. The molecule has 0 bridgehead atoms. The van der Waals surface area contributed by atoms with Gasteiger partial charge in [-0.2, -0.15) is 13.2 Å². The number of para-hydroxylation sites is 2. The average molecular weight is 623 g/mol. The molecule has 1 heterocycles. The van der Waals surface area contributed by atoms with Crippen molar-refractivity contribution in [3.63, 3.8) is 0 Å². The standard InChI is InChI=1S/C28H20ClF5N4O5/c1-13-5-4-7-17(29)23(13)38-27(42)37-21-11-19(31)18(30)10-16(21)24(39)36-22(25(40)43-26(41)28(32,33)34)9-14-12-35-20-8-3-2-6-15(14)20/h2-8,10-12,22,35H,9H2,1H3,(H,36,39)(H2,37,38,42)/t22-/m0/s1. The van der Waals surface area contributed by atoms with Crippen molar-refractivity contribution in [2.24, 2.45) is 0 Å². The third-order valence-corrected chi connectivity index (χ3v) is 6.44. The minimum absolute atomic E-state index is 0.158. The third-order valence-electron chi connectivity index (χ3n) is 6.13. The average Bonchev–Trinajstić information content (AvgIpc) is 3.34. The van der Waals surface area contributed by atoms with Crippen LogP contribution in [0.1, 0.15) is 21.5 Å². The molecule has 224 valence electrons. The molecule has 0 aliphatic rings. The molecule has 15 heteroatoms. The zero-order valence-electron chi connectivity index (χ0n) is 21.9. The van der Waals surface area contributed by atoms with Gasteiger partial charge in [-0.15, -0.1) is 0 Å². The largest absolute Gasteiger partial charge is 0.491 e. The smallest absolute Gasteiger partial charge is 0.385 e. The fourth-order valence-corrected chi connectivity index (χ4v) is 4.33. The summed E-state index contributed by atoms with van der Waals surface area (Å²) in [6.45, 7) is 1.63. The highest BCUT2D eigenvalue weighted by Gasteiger charge is 2.43. The Morgan fingerprint density at radius 3 is 2.37 bits per heavy atom. The highest BCUT2D eigenvalue weighted by atomic mass is 35.5. The molecule has 0 fully saturated rings. The summed E-state index contributed by atoms with van der Waals surface area (Å²) < 4.78 is 70.7. The lowest BCUT2D eigenvalue weighted by molar-refractivity contribution is -0.202. The van der Waals surface area contributed by atoms with Crippen LogP contribution in [-0.2, 0) is 20.7 Å². The Morgan fingerprint density at radius 2 is 1.67 bits per heavy atom. The first-order valence-electron chi connectivity index (χ1n) is 12.3. The number of hydrogen-bond acceptors (Lipinski definition) is 5. The van der Waals surface area contributed by atoms with E-state index in [-0.39, 0.29) is 10.7 Å². The van der Waals surface area contributed by atoms with Gasteiger partial charge in [0.1, 0.15) is 6.04 Å². The molecule has 1 atom stereocenters. The zero-order chi connectivity index (χ0) is 31.5. The molecule has 1 aromatic heterocycles. The number of rotatable bonds is 7. The molecule has 43 heavy (non-hydrogen) atoms. The van der Waals surface area contributed by atoms with Gasteiger partial charge in [0.2, 0.25) is 0 Å². The van der Waals surface area contributed by atoms with E-state index < -0.39 is 65.4 Å². The maximum absolute atomic E-state index is 14.2. The summed E-state index contributed by atoms with van der Waals surface area (Å²) in [6, 6.07) is 9.35. The topological polar surface area (TPSA) is 129 Å². The predicted molar refractivity (Wildman–Crippen MR) is 146 cm³/mol. The Bertz CT molecular complexity index is 1720. The van der Waals surface area contributed by atoms with Crippen molar-refractivity contribution in [1.82, 2.24) is 10.3 Å². The highest BCUT2D eigenvalue weighted by molar-refractivity contribution is 6.34. The van der Waals surface area contributed by atoms with E-state index in [1.54, 1.807) is 43.3 Å². The number of alkyl halides is 3. The summed E-state index contributed by atoms with van der Waals surface area (Å²) in [5.74, 6) is -8.88. The molecule has 0 unspecified atom stereocenters. The number of halogens is 6. The van der Waals surface area contributed by atoms with E-state index in [9.17, 15) is 41.1 Å². The van der Waals surface area contributed by atoms with Gasteiger partial charge in [-0.25, -0.2) is 23.2 Å². The number of esters is 2. The number of fused-ring (bicyclic) bond motifs is 1. The van der Waals surface area contributed by atoms with Crippen LogP contribution in [0.3, 0.4) is 0 Å². The lowest BCUT2D eigenvalue weighted by atomic mass is 10.0. The summed E-state index contributed by atoms with van der Waals surface area (Å²) in [4.78, 5) is 52.9. The van der Waals surface area contributed by atoms with Crippen LogP contribution < -0.4 is 16.0 Å². The Morgan fingerprint density at radius 1 is 0.977 bits per heavy atom. The van der Waals surface area contributed by atoms with Crippen molar-refractivity contribution in [2.75, 3.05) is 10.6 Å². The van der Waals surface area contributed by atoms with Crippen LogP contribution in [0.2, 0.25) is 5.02 Å². The molecule has 0 aliphatic heterocycles. The van der Waals surface area contributed by atoms with Gasteiger partial charge < -0.3 is 25.7 Å². The molecule has 3 aromatic carbocycles. The van der Waals surface area contributed by atoms with Crippen LogP contribution >= 0.6 is 11.6 Å². The first-order chi connectivity index (χ1) is 20.2. The molecule has 4 rings (SSSR count). The second kappa shape index (κ2) is 12.5. The SMILES string of the molecule is Cc1cccc(Cl)c1NC(=O)Nc1cc(F)c(F)cc1C(=O)N[C@@H](Cc1c[nH]c2ccccc12)C(=O)OC(=O)C(F)(F)F. The minimum Gasteiger partial charge on any atom is -0.385 e. The zero-order valence-corrected chi connectivity index (χ0v) is 22.6. The van der Waals surface area contributed by atoms with Crippen LogP contribution in [0.5, 0.6) is 0 Å². The van der Waals surface area contributed by atoms with Crippen molar-refractivity contribution in [1.29, 1.82) is 0 Å². The summed E-state index contributed by atoms with van der Waals surface area (Å²) in [5.41, 5.74) is 0.404. The van der Waals surface area contributed by atoms with E-state index >= 15 is 0 Å². The lowest BCUT2D eigenvalue weighted by Crippen LogP contribution is -2.45. The Kier molecular flexibility index (Phi) is 8.99. The Labute approximate surface area is 244 Å². The van der Waals surface area contributed by atoms with Gasteiger partial charge in [-0.05, 0) is 36.2 Å². The summed E-state index contributed by atoms with van der Waals surface area (Å²) in [6.07, 6.45) is -4.57. The lowest BCUT2D eigenvalue weighted by Gasteiger charge is -2.19. The monoisotopic (exact) mass is 622 g/mol. The molecule has 4 aromatic rings. The highest BCUT2D eigenvalue weighted by Crippen LogP contribution is 2.27. The maximum atomic E-state index is 14.2.